The minimum Gasteiger partial charge on any atom is -0.390 e. The van der Waals surface area contributed by atoms with Gasteiger partial charge in [0.05, 0.1) is 6.10 Å². The predicted molar refractivity (Wildman–Crippen MR) is 144 cm³/mol. The first kappa shape index (κ1) is 28.8. The molecule has 1 aromatic carbocycles. The number of hydrogen-bond acceptors (Lipinski definition) is 8. The van der Waals surface area contributed by atoms with E-state index in [0.717, 1.165) is 16.5 Å². The molecule has 0 saturated heterocycles. The van der Waals surface area contributed by atoms with Crippen LogP contribution in [0.25, 0.3) is 10.9 Å². The van der Waals surface area contributed by atoms with Crippen LogP contribution in [0.1, 0.15) is 26.3 Å². The van der Waals surface area contributed by atoms with Gasteiger partial charge in [-0.25, -0.2) is 0 Å². The highest BCUT2D eigenvalue weighted by atomic mass is 16.6. The van der Waals surface area contributed by atoms with E-state index in [1.807, 2.05) is 44.3 Å². The van der Waals surface area contributed by atoms with Crippen molar-refractivity contribution in [1.29, 1.82) is 0 Å². The molecule has 0 unspecified atom stereocenters. The Balaban J connectivity index is 1.75. The Labute approximate surface area is 221 Å². The largest absolute Gasteiger partial charge is 0.390 e. The van der Waals surface area contributed by atoms with E-state index in [1.165, 1.54) is 14.0 Å². The fraction of sp³-hybridized carbons (Fsp3) is 0.407. The third kappa shape index (κ3) is 7.60. The van der Waals surface area contributed by atoms with Crippen molar-refractivity contribution in [2.45, 2.75) is 51.5 Å². The van der Waals surface area contributed by atoms with Crippen LogP contribution in [0.2, 0.25) is 0 Å². The SMILES string of the molecule is CO[C@H](/C(=N/OCC(=O)N[C@@H](Cc1c[nH]c2ccccc12)C(=O)Nc1ccncc1)[C@@H](O)[C@@H](C)O)C(C)C. The number of nitrogens with one attached hydrogen (secondary N) is 3. The van der Waals surface area contributed by atoms with Gasteiger partial charge in [0, 0.05) is 48.7 Å². The number of fused-ring (bicyclic) bond motifs is 1. The number of H-pyrrole nitrogens is 1. The first-order valence-electron chi connectivity index (χ1n) is 12.3. The summed E-state index contributed by atoms with van der Waals surface area (Å²) in [7, 11) is 1.46. The molecular weight excluding hydrogens is 490 g/mol. The van der Waals surface area contributed by atoms with Gasteiger partial charge in [-0.15, -0.1) is 0 Å². The Morgan fingerprint density at radius 3 is 2.47 bits per heavy atom. The molecule has 0 bridgehead atoms. The lowest BCUT2D eigenvalue weighted by atomic mass is 9.96. The van der Waals surface area contributed by atoms with E-state index in [0.29, 0.717) is 5.69 Å². The number of aliphatic hydroxyl groups is 2. The number of carbonyl (C=O) groups is 2. The van der Waals surface area contributed by atoms with E-state index >= 15 is 0 Å². The number of aromatic amines is 1. The molecule has 204 valence electrons. The second kappa shape index (κ2) is 13.7. The number of oxime groups is 1. The maximum Gasteiger partial charge on any atom is 0.261 e. The number of carbonyl (C=O) groups excluding carboxylic acids is 2. The van der Waals surface area contributed by atoms with Crippen LogP contribution in [0.4, 0.5) is 5.69 Å². The van der Waals surface area contributed by atoms with Gasteiger partial charge >= 0.3 is 0 Å². The van der Waals surface area contributed by atoms with Gasteiger partial charge < -0.3 is 35.4 Å². The average molecular weight is 526 g/mol. The molecule has 0 spiro atoms. The minimum absolute atomic E-state index is 0.0658. The molecule has 5 N–H and O–H groups in total. The lowest BCUT2D eigenvalue weighted by Crippen LogP contribution is -2.46. The number of amides is 2. The molecule has 11 nitrogen and oxygen atoms in total. The number of nitrogens with zero attached hydrogens (tertiary/aromatic N) is 2. The van der Waals surface area contributed by atoms with Crippen molar-refractivity contribution in [3.8, 4) is 0 Å². The van der Waals surface area contributed by atoms with Crippen molar-refractivity contribution in [1.82, 2.24) is 15.3 Å². The fourth-order valence-electron chi connectivity index (χ4n) is 4.05. The number of pyridine rings is 1. The van der Waals surface area contributed by atoms with Crippen LogP contribution in [-0.2, 0) is 25.6 Å². The molecule has 0 saturated carbocycles. The summed E-state index contributed by atoms with van der Waals surface area (Å²) >= 11 is 0. The summed E-state index contributed by atoms with van der Waals surface area (Å²) < 4.78 is 5.41. The van der Waals surface area contributed by atoms with E-state index in [4.69, 9.17) is 9.57 Å². The molecule has 0 aliphatic heterocycles. The van der Waals surface area contributed by atoms with Gasteiger partial charge in [0.1, 0.15) is 24.0 Å². The minimum atomic E-state index is -1.34. The summed E-state index contributed by atoms with van der Waals surface area (Å²) in [6.45, 7) is 4.62. The third-order valence-corrected chi connectivity index (χ3v) is 5.98. The smallest absolute Gasteiger partial charge is 0.261 e. The van der Waals surface area contributed by atoms with Crippen LogP contribution in [0, 0.1) is 5.92 Å². The molecule has 0 aliphatic carbocycles. The second-order valence-corrected chi connectivity index (χ2v) is 9.28. The number of rotatable bonds is 13. The molecular formula is C27H35N5O6. The van der Waals surface area contributed by atoms with Crippen molar-refractivity contribution in [3.63, 3.8) is 0 Å². The van der Waals surface area contributed by atoms with Crippen molar-refractivity contribution in [2.75, 3.05) is 19.0 Å². The van der Waals surface area contributed by atoms with Gasteiger partial charge in [-0.2, -0.15) is 0 Å². The van der Waals surface area contributed by atoms with E-state index < -0.39 is 42.8 Å². The van der Waals surface area contributed by atoms with Crippen LogP contribution in [0.15, 0.2) is 60.1 Å². The highest BCUT2D eigenvalue weighted by Gasteiger charge is 2.30. The number of methoxy groups -OCH3 is 1. The summed E-state index contributed by atoms with van der Waals surface area (Å²) in [5.74, 6) is -1.09. The van der Waals surface area contributed by atoms with Gasteiger partial charge in [0.25, 0.3) is 5.91 Å². The average Bonchev–Trinajstić information content (AvgIpc) is 3.30. The molecule has 2 aromatic heterocycles. The van der Waals surface area contributed by atoms with Gasteiger partial charge in [0.2, 0.25) is 5.91 Å². The van der Waals surface area contributed by atoms with Crippen LogP contribution in [-0.4, -0.2) is 75.8 Å². The lowest BCUT2D eigenvalue weighted by molar-refractivity contribution is -0.129. The van der Waals surface area contributed by atoms with E-state index in [1.54, 1.807) is 24.5 Å². The number of para-hydroxylation sites is 1. The van der Waals surface area contributed by atoms with E-state index in [-0.39, 0.29) is 18.1 Å². The first-order valence-corrected chi connectivity index (χ1v) is 12.3. The number of ether oxygens (including phenoxy) is 1. The van der Waals surface area contributed by atoms with Gasteiger partial charge in [-0.3, -0.25) is 14.6 Å². The summed E-state index contributed by atoms with van der Waals surface area (Å²) in [4.78, 5) is 38.3. The zero-order chi connectivity index (χ0) is 27.7. The maximum atomic E-state index is 13.2. The molecule has 0 radical (unpaired) electrons. The van der Waals surface area contributed by atoms with Crippen LogP contribution < -0.4 is 10.6 Å². The maximum absolute atomic E-state index is 13.2. The molecule has 3 aromatic rings. The van der Waals surface area contributed by atoms with Crippen molar-refractivity contribution in [2.24, 2.45) is 11.1 Å². The predicted octanol–water partition coefficient (Wildman–Crippen LogP) is 2.01. The highest BCUT2D eigenvalue weighted by Crippen LogP contribution is 2.20. The fourth-order valence-corrected chi connectivity index (χ4v) is 4.05. The molecule has 38 heavy (non-hydrogen) atoms. The molecule has 2 amide bonds. The number of anilines is 1. The molecule has 3 rings (SSSR count). The number of aromatic nitrogens is 2. The van der Waals surface area contributed by atoms with Crippen molar-refractivity contribution in [3.05, 3.63) is 60.6 Å². The third-order valence-electron chi connectivity index (χ3n) is 5.98. The summed E-state index contributed by atoms with van der Waals surface area (Å²) in [6, 6.07) is 10.1. The molecule has 0 fully saturated rings. The summed E-state index contributed by atoms with van der Waals surface area (Å²) in [5, 5.41) is 30.6. The van der Waals surface area contributed by atoms with Crippen LogP contribution >= 0.6 is 0 Å². The number of aliphatic hydroxyl groups excluding tert-OH is 2. The Bertz CT molecular complexity index is 1230. The lowest BCUT2D eigenvalue weighted by Gasteiger charge is -2.25. The Kier molecular flexibility index (Phi) is 10.3. The topological polar surface area (TPSA) is 158 Å². The Morgan fingerprint density at radius 2 is 1.82 bits per heavy atom. The quantitative estimate of drug-likeness (QED) is 0.169. The highest BCUT2D eigenvalue weighted by molar-refractivity contribution is 5.98. The zero-order valence-corrected chi connectivity index (χ0v) is 21.9. The second-order valence-electron chi connectivity index (χ2n) is 9.28. The molecule has 2 heterocycles. The van der Waals surface area contributed by atoms with E-state index in [2.05, 4.69) is 25.8 Å². The number of benzene rings is 1. The molecule has 4 atom stereocenters. The van der Waals surface area contributed by atoms with E-state index in [9.17, 15) is 19.8 Å². The standard InChI is InChI=1S/C27H35N5O6/c1-16(2)26(37-4)24(25(35)17(3)33)32-38-15-23(34)31-22(27(36)30-19-9-11-28-12-10-19)13-18-14-29-21-8-6-5-7-20(18)21/h5-12,14,16-17,22,25-26,29,33,35H,13,15H2,1-4H3,(H,31,34)(H,28,30,36)/b32-24+/t17-,22+,25+,26+/m1/s1. The monoisotopic (exact) mass is 525 g/mol. The van der Waals surface area contributed by atoms with Crippen LogP contribution in [0.5, 0.6) is 0 Å². The van der Waals surface area contributed by atoms with Gasteiger partial charge in [-0.05, 0) is 36.6 Å². The summed E-state index contributed by atoms with van der Waals surface area (Å²) in [6.07, 6.45) is 2.04. The summed E-state index contributed by atoms with van der Waals surface area (Å²) in [5.41, 5.74) is 2.38. The molecule has 11 heteroatoms. The first-order chi connectivity index (χ1) is 18.2. The van der Waals surface area contributed by atoms with Crippen molar-refractivity contribution >= 4 is 34.1 Å². The number of hydrogen-bond donors (Lipinski definition) is 5. The Hall–Kier alpha value is -3.80. The van der Waals surface area contributed by atoms with Gasteiger partial charge in [-0.1, -0.05) is 37.2 Å². The van der Waals surface area contributed by atoms with Crippen molar-refractivity contribution < 1.29 is 29.4 Å². The van der Waals surface area contributed by atoms with Gasteiger partial charge in [0.15, 0.2) is 6.61 Å². The normalized spacial score (nSPS) is 15.1. The Morgan fingerprint density at radius 1 is 1.11 bits per heavy atom. The zero-order valence-electron chi connectivity index (χ0n) is 21.9. The molecule has 0 aliphatic rings. The van der Waals surface area contributed by atoms with Crippen LogP contribution in [0.3, 0.4) is 0 Å².